The van der Waals surface area contributed by atoms with Crippen LogP contribution < -0.4 is 0 Å². The van der Waals surface area contributed by atoms with Crippen molar-refractivity contribution in [3.63, 3.8) is 0 Å². The fraction of sp³-hybridized carbons (Fsp3) is 0.682. The molecular weight excluding hydrogens is 297 g/mol. The molecular formula is C22H30FN. The lowest BCUT2D eigenvalue weighted by molar-refractivity contribution is 0.0470. The Labute approximate surface area is 146 Å². The van der Waals surface area contributed by atoms with Crippen molar-refractivity contribution in [1.29, 1.82) is 5.26 Å². The minimum atomic E-state index is -0.957. The molecule has 0 N–H and O–H groups in total. The van der Waals surface area contributed by atoms with Gasteiger partial charge in [-0.2, -0.15) is 5.26 Å². The Kier molecular flexibility index (Phi) is 5.93. The van der Waals surface area contributed by atoms with E-state index in [4.69, 9.17) is 0 Å². The Morgan fingerprint density at radius 2 is 1.75 bits per heavy atom. The van der Waals surface area contributed by atoms with Gasteiger partial charge in [0, 0.05) is 5.92 Å². The summed E-state index contributed by atoms with van der Waals surface area (Å²) in [5.41, 5.74) is 1.14. The standard InChI is InChI=1S/C22H30FN/c1-2-6-16-9-11-18(12-10-16)20-14-13-19(21(15-24)22(20)23)17-7-4-3-5-8-17/h3-5,7-8,16,18-22H,2,6,9-14H2,1H3. The van der Waals surface area contributed by atoms with Gasteiger partial charge >= 0.3 is 0 Å². The number of alkyl halides is 1. The zero-order chi connectivity index (χ0) is 16.9. The first kappa shape index (κ1) is 17.5. The highest BCUT2D eigenvalue weighted by Crippen LogP contribution is 2.48. The van der Waals surface area contributed by atoms with Crippen molar-refractivity contribution >= 4 is 0 Å². The molecule has 2 saturated carbocycles. The minimum absolute atomic E-state index is 0.0684. The molecule has 0 heterocycles. The van der Waals surface area contributed by atoms with Gasteiger partial charge in [0.05, 0.1) is 12.0 Å². The zero-order valence-corrected chi connectivity index (χ0v) is 14.8. The number of nitriles is 1. The van der Waals surface area contributed by atoms with Crippen molar-refractivity contribution in [2.45, 2.75) is 70.4 Å². The first-order chi connectivity index (χ1) is 11.7. The lowest BCUT2D eigenvalue weighted by Gasteiger charge is -2.42. The molecule has 2 fully saturated rings. The monoisotopic (exact) mass is 327 g/mol. The normalized spacial score (nSPS) is 36.9. The fourth-order valence-corrected chi connectivity index (χ4v) is 5.24. The summed E-state index contributed by atoms with van der Waals surface area (Å²) in [5.74, 6) is 1.06. The van der Waals surface area contributed by atoms with Crippen LogP contribution in [0.3, 0.4) is 0 Å². The SMILES string of the molecule is CCCC1CCC(C2CCC(c3ccccc3)C(C#N)C2F)CC1. The van der Waals surface area contributed by atoms with Crippen LogP contribution in [0.25, 0.3) is 0 Å². The number of hydrogen-bond donors (Lipinski definition) is 0. The molecule has 2 aliphatic carbocycles. The van der Waals surface area contributed by atoms with Crippen LogP contribution >= 0.6 is 0 Å². The van der Waals surface area contributed by atoms with Gasteiger partial charge in [0.25, 0.3) is 0 Å². The average molecular weight is 327 g/mol. The minimum Gasteiger partial charge on any atom is -0.246 e. The van der Waals surface area contributed by atoms with Crippen LogP contribution in [0.4, 0.5) is 4.39 Å². The van der Waals surface area contributed by atoms with Crippen LogP contribution in [0, 0.1) is 35.0 Å². The highest BCUT2D eigenvalue weighted by Gasteiger charge is 2.44. The van der Waals surface area contributed by atoms with Crippen LogP contribution in [0.1, 0.15) is 69.8 Å². The van der Waals surface area contributed by atoms with Crippen LogP contribution in [0.2, 0.25) is 0 Å². The second kappa shape index (κ2) is 8.15. The van der Waals surface area contributed by atoms with E-state index in [-0.39, 0.29) is 11.8 Å². The molecule has 3 rings (SSSR count). The average Bonchev–Trinajstić information content (AvgIpc) is 2.63. The van der Waals surface area contributed by atoms with Gasteiger partial charge in [-0.25, -0.2) is 4.39 Å². The third-order valence-corrected chi connectivity index (χ3v) is 6.57. The summed E-state index contributed by atoms with van der Waals surface area (Å²) in [5, 5.41) is 9.63. The first-order valence-corrected chi connectivity index (χ1v) is 9.83. The van der Waals surface area contributed by atoms with E-state index in [1.54, 1.807) is 0 Å². The maximum Gasteiger partial charge on any atom is 0.120 e. The summed E-state index contributed by atoms with van der Waals surface area (Å²) < 4.78 is 15.3. The largest absolute Gasteiger partial charge is 0.246 e. The molecule has 1 aromatic carbocycles. The summed E-state index contributed by atoms with van der Waals surface area (Å²) in [6.45, 7) is 2.26. The van der Waals surface area contributed by atoms with E-state index in [1.807, 2.05) is 18.2 Å². The number of benzene rings is 1. The Morgan fingerprint density at radius 3 is 2.38 bits per heavy atom. The van der Waals surface area contributed by atoms with Crippen molar-refractivity contribution < 1.29 is 4.39 Å². The van der Waals surface area contributed by atoms with Gasteiger partial charge in [-0.3, -0.25) is 0 Å². The molecule has 24 heavy (non-hydrogen) atoms. The number of rotatable bonds is 4. The van der Waals surface area contributed by atoms with Gasteiger partial charge in [0.2, 0.25) is 0 Å². The van der Waals surface area contributed by atoms with E-state index < -0.39 is 12.1 Å². The van der Waals surface area contributed by atoms with Crippen LogP contribution in [0.5, 0.6) is 0 Å². The highest BCUT2D eigenvalue weighted by molar-refractivity contribution is 5.24. The van der Waals surface area contributed by atoms with Gasteiger partial charge in [-0.1, -0.05) is 62.9 Å². The number of nitrogens with zero attached hydrogens (tertiary/aromatic N) is 1. The van der Waals surface area contributed by atoms with E-state index in [0.717, 1.165) is 24.3 Å². The molecule has 0 aliphatic heterocycles. The van der Waals surface area contributed by atoms with E-state index in [1.165, 1.54) is 38.5 Å². The van der Waals surface area contributed by atoms with Gasteiger partial charge in [-0.05, 0) is 49.0 Å². The molecule has 130 valence electrons. The summed E-state index contributed by atoms with van der Waals surface area (Å²) in [6.07, 6.45) is 8.41. The van der Waals surface area contributed by atoms with Crippen molar-refractivity contribution in [1.82, 2.24) is 0 Å². The Balaban J connectivity index is 1.66. The number of halogens is 1. The van der Waals surface area contributed by atoms with Crippen molar-refractivity contribution in [3.8, 4) is 6.07 Å². The summed E-state index contributed by atoms with van der Waals surface area (Å²) in [6, 6.07) is 12.4. The molecule has 1 aromatic rings. The van der Waals surface area contributed by atoms with Crippen molar-refractivity contribution in [2.24, 2.45) is 23.7 Å². The predicted octanol–water partition coefficient (Wildman–Crippen LogP) is 6.26. The molecule has 1 nitrogen and oxygen atoms in total. The molecule has 4 unspecified atom stereocenters. The van der Waals surface area contributed by atoms with Gasteiger partial charge in [0.15, 0.2) is 0 Å². The quantitative estimate of drug-likeness (QED) is 0.640. The Morgan fingerprint density at radius 1 is 1.04 bits per heavy atom. The lowest BCUT2D eigenvalue weighted by Crippen LogP contribution is -2.39. The third-order valence-electron chi connectivity index (χ3n) is 6.57. The van der Waals surface area contributed by atoms with Gasteiger partial charge in [-0.15, -0.1) is 0 Å². The number of hydrogen-bond acceptors (Lipinski definition) is 1. The maximum atomic E-state index is 15.3. The van der Waals surface area contributed by atoms with Crippen molar-refractivity contribution in [3.05, 3.63) is 35.9 Å². The molecule has 0 bridgehead atoms. The molecule has 0 amide bonds. The maximum absolute atomic E-state index is 15.3. The molecule has 0 radical (unpaired) electrons. The fourth-order valence-electron chi connectivity index (χ4n) is 5.24. The zero-order valence-electron chi connectivity index (χ0n) is 14.8. The second-order valence-corrected chi connectivity index (χ2v) is 7.93. The third kappa shape index (κ3) is 3.66. The summed E-state index contributed by atoms with van der Waals surface area (Å²) in [7, 11) is 0. The van der Waals surface area contributed by atoms with Crippen LogP contribution in [0.15, 0.2) is 30.3 Å². The Bertz CT molecular complexity index is 541. The van der Waals surface area contributed by atoms with E-state index >= 15 is 4.39 Å². The molecule has 0 saturated heterocycles. The van der Waals surface area contributed by atoms with Gasteiger partial charge < -0.3 is 0 Å². The van der Waals surface area contributed by atoms with E-state index in [0.29, 0.717) is 5.92 Å². The van der Waals surface area contributed by atoms with Crippen LogP contribution in [-0.4, -0.2) is 6.17 Å². The molecule has 0 spiro atoms. The lowest BCUT2D eigenvalue weighted by atomic mass is 9.63. The van der Waals surface area contributed by atoms with Crippen molar-refractivity contribution in [2.75, 3.05) is 0 Å². The molecule has 2 aliphatic rings. The molecule has 0 aromatic heterocycles. The molecule has 2 heteroatoms. The summed E-state index contributed by atoms with van der Waals surface area (Å²) in [4.78, 5) is 0. The topological polar surface area (TPSA) is 23.8 Å². The van der Waals surface area contributed by atoms with E-state index in [2.05, 4.69) is 25.1 Å². The summed E-state index contributed by atoms with van der Waals surface area (Å²) >= 11 is 0. The Hall–Kier alpha value is -1.36. The van der Waals surface area contributed by atoms with Crippen LogP contribution in [-0.2, 0) is 0 Å². The van der Waals surface area contributed by atoms with Gasteiger partial charge in [0.1, 0.15) is 6.17 Å². The molecule has 4 atom stereocenters. The highest BCUT2D eigenvalue weighted by atomic mass is 19.1. The first-order valence-electron chi connectivity index (χ1n) is 9.83. The van der Waals surface area contributed by atoms with E-state index in [9.17, 15) is 5.26 Å². The predicted molar refractivity (Wildman–Crippen MR) is 96.3 cm³/mol. The second-order valence-electron chi connectivity index (χ2n) is 7.93. The smallest absolute Gasteiger partial charge is 0.120 e.